The van der Waals surface area contributed by atoms with Gasteiger partial charge in [-0.3, -0.25) is 9.79 Å². The Morgan fingerprint density at radius 1 is 1.29 bits per heavy atom. The van der Waals surface area contributed by atoms with Crippen LogP contribution >= 0.6 is 0 Å². The van der Waals surface area contributed by atoms with Crippen LogP contribution in [0.15, 0.2) is 32.5 Å². The van der Waals surface area contributed by atoms with Crippen molar-refractivity contribution in [1.82, 2.24) is 10.2 Å². The van der Waals surface area contributed by atoms with E-state index in [4.69, 9.17) is 5.73 Å². The second-order valence-electron chi connectivity index (χ2n) is 9.54. The highest BCUT2D eigenvalue weighted by atomic mass is 32.2. The molecule has 1 fully saturated rings. The fourth-order valence-corrected chi connectivity index (χ4v) is 6.11. The molecule has 1 saturated heterocycles. The number of carboxylic acid groups (broad SMARTS) is 1. The molecule has 0 bridgehead atoms. The molecule has 1 aromatic rings. The summed E-state index contributed by atoms with van der Waals surface area (Å²) in [6.07, 6.45) is 4.72. The normalized spacial score (nSPS) is 23.5. The van der Waals surface area contributed by atoms with Crippen molar-refractivity contribution >= 4 is 34.2 Å². The van der Waals surface area contributed by atoms with E-state index >= 15 is 0 Å². The zero-order valence-corrected chi connectivity index (χ0v) is 21.1. The number of sulfonamides is 1. The number of benzene rings is 1. The van der Waals surface area contributed by atoms with Gasteiger partial charge in [-0.15, -0.1) is 4.40 Å². The molecule has 192 valence electrons. The molecule has 4 N–H and O–H groups in total. The first-order valence-corrected chi connectivity index (χ1v) is 13.5. The first-order valence-electron chi connectivity index (χ1n) is 12.1. The number of carboxylic acids is 1. The van der Waals surface area contributed by atoms with E-state index in [2.05, 4.69) is 21.6 Å². The number of fused-ring (bicyclic) bond motifs is 1. The number of nitrogens with one attached hydrogen (secondary N) is 1. The Morgan fingerprint density at radius 2 is 2.06 bits per heavy atom. The minimum absolute atomic E-state index is 0.0331. The smallest absolute Gasteiger partial charge is 0.326 e. The molecule has 2 aliphatic rings. The van der Waals surface area contributed by atoms with Crippen LogP contribution in [0, 0.1) is 11.8 Å². The van der Waals surface area contributed by atoms with E-state index in [9.17, 15) is 23.1 Å². The number of aliphatic imine (C=N–C) groups is 1. The van der Waals surface area contributed by atoms with Crippen molar-refractivity contribution < 1.29 is 23.1 Å². The van der Waals surface area contributed by atoms with Crippen LogP contribution in [0.2, 0.25) is 0 Å². The second-order valence-corrected chi connectivity index (χ2v) is 11.1. The van der Waals surface area contributed by atoms with Crippen LogP contribution in [-0.2, 0) is 32.5 Å². The zero-order valence-electron chi connectivity index (χ0n) is 20.3. The van der Waals surface area contributed by atoms with Gasteiger partial charge in [-0.25, -0.2) is 4.79 Å². The van der Waals surface area contributed by atoms with E-state index < -0.39 is 22.0 Å². The van der Waals surface area contributed by atoms with Gasteiger partial charge in [0, 0.05) is 19.5 Å². The molecule has 3 rings (SSSR count). The summed E-state index contributed by atoms with van der Waals surface area (Å²) in [5.41, 5.74) is 7.90. The number of rotatable bonds is 8. The van der Waals surface area contributed by atoms with Gasteiger partial charge in [-0.1, -0.05) is 26.0 Å². The van der Waals surface area contributed by atoms with Crippen molar-refractivity contribution in [3.8, 4) is 0 Å². The van der Waals surface area contributed by atoms with E-state index in [0.29, 0.717) is 44.1 Å². The number of guanidine groups is 1. The van der Waals surface area contributed by atoms with Gasteiger partial charge in [0.1, 0.15) is 11.9 Å². The Kier molecular flexibility index (Phi) is 8.87. The molecule has 0 spiro atoms. The summed E-state index contributed by atoms with van der Waals surface area (Å²) >= 11 is 0. The number of piperidine rings is 1. The summed E-state index contributed by atoms with van der Waals surface area (Å²) in [5.74, 6) is 0.0639. The summed E-state index contributed by atoms with van der Waals surface area (Å²) in [6, 6.07) is 4.55. The van der Waals surface area contributed by atoms with Crippen LogP contribution in [0.4, 0.5) is 0 Å². The van der Waals surface area contributed by atoms with Gasteiger partial charge in [0.15, 0.2) is 5.96 Å². The molecule has 1 aliphatic heterocycles. The third kappa shape index (κ3) is 6.81. The second kappa shape index (κ2) is 11.7. The molecule has 1 aliphatic carbocycles. The number of amides is 1. The van der Waals surface area contributed by atoms with Crippen molar-refractivity contribution in [3.63, 3.8) is 0 Å². The lowest BCUT2D eigenvalue weighted by molar-refractivity contribution is -0.143. The topological polar surface area (TPSA) is 155 Å². The predicted molar refractivity (Wildman–Crippen MR) is 134 cm³/mol. The molecule has 1 aromatic carbocycles. The zero-order chi connectivity index (χ0) is 25.6. The van der Waals surface area contributed by atoms with Gasteiger partial charge >= 0.3 is 5.97 Å². The molecular formula is C24H35N5O5S. The Bertz CT molecular complexity index is 1100. The average Bonchev–Trinajstić information content (AvgIpc) is 2.80. The van der Waals surface area contributed by atoms with Gasteiger partial charge in [-0.05, 0) is 67.6 Å². The van der Waals surface area contributed by atoms with Crippen molar-refractivity contribution in [2.75, 3.05) is 13.1 Å². The van der Waals surface area contributed by atoms with Gasteiger partial charge in [0.2, 0.25) is 6.41 Å². The molecule has 0 radical (unpaired) electrons. The minimum atomic E-state index is -4.00. The first kappa shape index (κ1) is 26.7. The molecule has 0 saturated carbocycles. The number of amidine groups is 1. The van der Waals surface area contributed by atoms with Crippen molar-refractivity contribution in [2.24, 2.45) is 27.0 Å². The predicted octanol–water partition coefficient (Wildman–Crippen LogP) is 1.92. The maximum Gasteiger partial charge on any atom is 0.326 e. The number of hydrogen-bond acceptors (Lipinski definition) is 5. The molecule has 1 heterocycles. The van der Waals surface area contributed by atoms with E-state index in [1.807, 2.05) is 13.0 Å². The Labute approximate surface area is 206 Å². The maximum atomic E-state index is 13.1. The largest absolute Gasteiger partial charge is 0.480 e. The molecule has 35 heavy (non-hydrogen) atoms. The van der Waals surface area contributed by atoms with Crippen molar-refractivity contribution in [2.45, 2.75) is 69.7 Å². The monoisotopic (exact) mass is 505 g/mol. The molecule has 11 heteroatoms. The van der Waals surface area contributed by atoms with Gasteiger partial charge in [0.25, 0.3) is 10.0 Å². The highest BCUT2D eigenvalue weighted by Gasteiger charge is 2.32. The molecule has 0 aromatic heterocycles. The fraction of sp³-hybridized carbons (Fsp3) is 0.583. The number of nitrogens with two attached hydrogens (primary N) is 1. The Morgan fingerprint density at radius 3 is 2.77 bits per heavy atom. The number of hydrogen-bond donors (Lipinski definition) is 3. The van der Waals surface area contributed by atoms with Gasteiger partial charge in [0.05, 0.1) is 4.90 Å². The third-order valence-corrected chi connectivity index (χ3v) is 8.11. The number of likely N-dealkylation sites (tertiary alicyclic amines) is 1. The number of nitrogens with zero attached hydrogens (tertiary/aromatic N) is 3. The van der Waals surface area contributed by atoms with Crippen LogP contribution < -0.4 is 11.1 Å². The van der Waals surface area contributed by atoms with Crippen LogP contribution in [0.1, 0.15) is 57.1 Å². The number of carbonyl (C=O) groups excluding carboxylic acids is 1. The van der Waals surface area contributed by atoms with E-state index in [1.165, 1.54) is 0 Å². The maximum absolute atomic E-state index is 13.1. The van der Waals surface area contributed by atoms with Crippen LogP contribution in [0.3, 0.4) is 0 Å². The quantitative estimate of drug-likeness (QED) is 0.211. The Balaban J connectivity index is 1.68. The average molecular weight is 506 g/mol. The number of carbonyl (C=O) groups is 2. The van der Waals surface area contributed by atoms with E-state index in [1.54, 1.807) is 17.0 Å². The van der Waals surface area contributed by atoms with Crippen molar-refractivity contribution in [1.29, 1.82) is 0 Å². The summed E-state index contributed by atoms with van der Waals surface area (Å²) in [6.45, 7) is 4.92. The summed E-state index contributed by atoms with van der Waals surface area (Å²) in [4.78, 5) is 28.8. The summed E-state index contributed by atoms with van der Waals surface area (Å²) < 4.78 is 30.1. The molecule has 1 amide bonds. The highest BCUT2D eigenvalue weighted by molar-refractivity contribution is 7.90. The fourth-order valence-electron chi connectivity index (χ4n) is 4.78. The Hall–Kier alpha value is -2.95. The third-order valence-electron chi connectivity index (χ3n) is 6.71. The lowest BCUT2D eigenvalue weighted by Crippen LogP contribution is -2.52. The SMILES string of the molecule is CC1CCc2c(cccc2S(=O)(=O)N=C(CCCN=C(N)N2CCC(C)CC2C(=O)O)NC=O)C1. The first-order chi connectivity index (χ1) is 16.6. The molecule has 3 unspecified atom stereocenters. The van der Waals surface area contributed by atoms with Gasteiger partial charge in [-0.2, -0.15) is 8.42 Å². The van der Waals surface area contributed by atoms with Crippen molar-refractivity contribution in [3.05, 3.63) is 29.3 Å². The summed E-state index contributed by atoms with van der Waals surface area (Å²) in [7, 11) is -4.00. The molecular weight excluding hydrogens is 470 g/mol. The van der Waals surface area contributed by atoms with Crippen LogP contribution in [0.25, 0.3) is 0 Å². The van der Waals surface area contributed by atoms with Gasteiger partial charge < -0.3 is 21.1 Å². The lowest BCUT2D eigenvalue weighted by Gasteiger charge is -2.36. The summed E-state index contributed by atoms with van der Waals surface area (Å²) in [5, 5.41) is 11.9. The number of aliphatic carboxylic acids is 1. The van der Waals surface area contributed by atoms with Crippen LogP contribution in [-0.4, -0.2) is 61.7 Å². The molecule has 3 atom stereocenters. The lowest BCUT2D eigenvalue weighted by atomic mass is 9.85. The van der Waals surface area contributed by atoms with E-state index in [0.717, 1.165) is 30.4 Å². The minimum Gasteiger partial charge on any atom is -0.480 e. The van der Waals surface area contributed by atoms with E-state index in [-0.39, 0.29) is 29.7 Å². The molecule has 10 nitrogen and oxygen atoms in total. The highest BCUT2D eigenvalue weighted by Crippen LogP contribution is 2.31. The van der Waals surface area contributed by atoms with Crippen LogP contribution in [0.5, 0.6) is 0 Å². The standard InChI is InChI=1S/C24H35N5O5S/c1-16-8-9-19-18(13-16)5-3-6-21(19)35(33,34)28-22(27-15-30)7-4-11-26-24(25)29-12-10-17(2)14-20(29)23(31)32/h3,5-6,15-17,20H,4,7-14H2,1-2H3,(H2,25,26)(H,31,32)(H,27,28,30).